The van der Waals surface area contributed by atoms with Gasteiger partial charge >= 0.3 is 6.71 Å². The Morgan fingerprint density at radius 3 is 2.85 bits per heavy atom. The molecule has 0 fully saturated rings. The largest absolute Gasteiger partial charge is 0.397 e. The summed E-state index contributed by atoms with van der Waals surface area (Å²) >= 11 is 0. The average Bonchev–Trinajstić information content (AvgIpc) is 2.10. The number of anilines is 1. The topological polar surface area (TPSA) is 62.7 Å². The van der Waals surface area contributed by atoms with Crippen LogP contribution in [-0.4, -0.2) is 11.7 Å². The Labute approximate surface area is 78.7 Å². The highest BCUT2D eigenvalue weighted by atomic mass is 14.7. The van der Waals surface area contributed by atoms with Gasteiger partial charge in [-0.05, 0) is 18.6 Å². The molecule has 1 heterocycles. The molecule has 0 saturated heterocycles. The van der Waals surface area contributed by atoms with Crippen molar-refractivity contribution in [3.8, 4) is 5.97 Å². The van der Waals surface area contributed by atoms with E-state index in [1.807, 2.05) is 19.9 Å². The van der Waals surface area contributed by atoms with Crippen LogP contribution in [0.25, 0.3) is 0 Å². The number of hydrogen-bond acceptors (Lipinski definition) is 3. The Morgan fingerprint density at radius 2 is 2.38 bits per heavy atom. The minimum Gasteiger partial charge on any atom is -0.397 e. The first-order chi connectivity index (χ1) is 6.19. The van der Waals surface area contributed by atoms with Crippen molar-refractivity contribution in [2.45, 2.75) is 20.2 Å². The molecule has 2 N–H and O–H groups in total. The Bertz CT molecular complexity index is 343. The van der Waals surface area contributed by atoms with Crippen LogP contribution in [-0.2, 0) is 0 Å². The van der Waals surface area contributed by atoms with E-state index >= 15 is 0 Å². The quantitative estimate of drug-likeness (QED) is 0.671. The molecule has 1 aromatic heterocycles. The van der Waals surface area contributed by atoms with E-state index in [1.165, 1.54) is 0 Å². The highest BCUT2D eigenvalue weighted by molar-refractivity contribution is 6.79. The highest BCUT2D eigenvalue weighted by Crippen LogP contribution is 2.02. The van der Waals surface area contributed by atoms with Gasteiger partial charge in [0.2, 0.25) is 0 Å². The van der Waals surface area contributed by atoms with E-state index in [-0.39, 0.29) is 6.71 Å². The lowest BCUT2D eigenvalue weighted by molar-refractivity contribution is 1.30. The average molecular weight is 173 g/mol. The minimum absolute atomic E-state index is 0.111. The van der Waals surface area contributed by atoms with Gasteiger partial charge in [0.1, 0.15) is 0 Å². The van der Waals surface area contributed by atoms with Crippen molar-refractivity contribution >= 4 is 18.0 Å². The first-order valence-electron chi connectivity index (χ1n) is 4.30. The summed E-state index contributed by atoms with van der Waals surface area (Å²) in [6.07, 6.45) is 2.39. The van der Waals surface area contributed by atoms with Gasteiger partial charge in [-0.3, -0.25) is 4.98 Å². The monoisotopic (exact) mass is 173 g/mol. The van der Waals surface area contributed by atoms with Crippen LogP contribution in [0, 0.1) is 18.2 Å². The van der Waals surface area contributed by atoms with Crippen LogP contribution in [0.5, 0.6) is 0 Å². The fourth-order valence-corrected chi connectivity index (χ4v) is 1.32. The summed E-state index contributed by atoms with van der Waals surface area (Å²) in [6, 6.07) is 1.85. The van der Waals surface area contributed by atoms with Crippen molar-refractivity contribution in [3.05, 3.63) is 17.8 Å². The van der Waals surface area contributed by atoms with Crippen LogP contribution < -0.4 is 11.3 Å². The summed E-state index contributed by atoms with van der Waals surface area (Å²) in [6.45, 7) is 3.80. The van der Waals surface area contributed by atoms with Crippen LogP contribution >= 0.6 is 0 Å². The number of nitrogen functional groups attached to an aromatic ring is 1. The van der Waals surface area contributed by atoms with Gasteiger partial charge in [-0.2, -0.15) is 0 Å². The number of aromatic nitrogens is 1. The van der Waals surface area contributed by atoms with Gasteiger partial charge < -0.3 is 5.73 Å². The molecule has 4 heteroatoms. The van der Waals surface area contributed by atoms with Crippen molar-refractivity contribution in [3.63, 3.8) is 0 Å². The molecule has 0 atom stereocenters. The van der Waals surface area contributed by atoms with Crippen molar-refractivity contribution in [1.29, 1.82) is 5.26 Å². The molecular weight excluding hydrogens is 161 g/mol. The molecular formula is C9H12BN3. The molecule has 0 saturated carbocycles. The minimum atomic E-state index is -0.111. The third kappa shape index (κ3) is 2.00. The summed E-state index contributed by atoms with van der Waals surface area (Å²) < 4.78 is 0. The summed E-state index contributed by atoms with van der Waals surface area (Å²) in [5.41, 5.74) is 8.05. The molecule has 0 unspecified atom stereocenters. The Hall–Kier alpha value is -1.50. The van der Waals surface area contributed by atoms with E-state index in [0.29, 0.717) is 5.69 Å². The highest BCUT2D eigenvalue weighted by Gasteiger charge is 2.17. The van der Waals surface area contributed by atoms with E-state index in [0.717, 1.165) is 17.5 Å². The molecule has 0 aliphatic heterocycles. The van der Waals surface area contributed by atoms with Crippen molar-refractivity contribution in [2.24, 2.45) is 0 Å². The Kier molecular flexibility index (Phi) is 2.91. The number of nitriles is 1. The zero-order valence-corrected chi connectivity index (χ0v) is 7.91. The SMILES string of the molecule is CCB(C#N)c1ncc(N)cc1C. The summed E-state index contributed by atoms with van der Waals surface area (Å²) in [5, 5.41) is 8.85. The molecule has 0 aliphatic rings. The zero-order chi connectivity index (χ0) is 9.84. The number of pyridine rings is 1. The van der Waals surface area contributed by atoms with Crippen LogP contribution in [0.4, 0.5) is 5.69 Å². The van der Waals surface area contributed by atoms with Gasteiger partial charge in [0, 0.05) is 17.8 Å². The maximum atomic E-state index is 8.85. The molecule has 0 radical (unpaired) electrons. The summed E-state index contributed by atoms with van der Waals surface area (Å²) in [7, 11) is 0. The molecule has 0 bridgehead atoms. The fourth-order valence-electron chi connectivity index (χ4n) is 1.32. The van der Waals surface area contributed by atoms with E-state index in [9.17, 15) is 0 Å². The third-order valence-electron chi connectivity index (χ3n) is 2.03. The van der Waals surface area contributed by atoms with Gasteiger partial charge in [-0.15, -0.1) is 0 Å². The fraction of sp³-hybridized carbons (Fsp3) is 0.333. The van der Waals surface area contributed by atoms with Crippen molar-refractivity contribution < 1.29 is 0 Å². The smallest absolute Gasteiger partial charge is 0.322 e. The molecule has 1 aromatic rings. The number of nitrogens with two attached hydrogens (primary N) is 1. The van der Waals surface area contributed by atoms with Gasteiger partial charge in [0.05, 0.1) is 5.69 Å². The summed E-state index contributed by atoms with van der Waals surface area (Å²) in [5.74, 6) is 2.22. The molecule has 13 heavy (non-hydrogen) atoms. The Morgan fingerprint density at radius 1 is 1.69 bits per heavy atom. The molecule has 0 spiro atoms. The number of nitrogens with zero attached hydrogens (tertiary/aromatic N) is 2. The van der Waals surface area contributed by atoms with E-state index in [4.69, 9.17) is 11.0 Å². The van der Waals surface area contributed by atoms with E-state index in [1.54, 1.807) is 6.20 Å². The van der Waals surface area contributed by atoms with E-state index < -0.39 is 0 Å². The number of aryl methyl sites for hydroxylation is 1. The van der Waals surface area contributed by atoms with Gasteiger partial charge in [-0.1, -0.05) is 13.2 Å². The maximum absolute atomic E-state index is 8.85. The molecule has 0 amide bonds. The molecule has 0 aromatic carbocycles. The lowest BCUT2D eigenvalue weighted by Crippen LogP contribution is -2.33. The number of hydrogen-bond donors (Lipinski definition) is 1. The molecule has 1 rings (SSSR count). The second-order valence-electron chi connectivity index (χ2n) is 3.06. The van der Waals surface area contributed by atoms with Crippen LogP contribution in [0.15, 0.2) is 12.3 Å². The Balaban J connectivity index is 3.09. The van der Waals surface area contributed by atoms with Gasteiger partial charge in [-0.25, -0.2) is 5.26 Å². The number of rotatable bonds is 2. The first-order valence-corrected chi connectivity index (χ1v) is 4.30. The normalized spacial score (nSPS) is 9.31. The third-order valence-corrected chi connectivity index (χ3v) is 2.03. The lowest BCUT2D eigenvalue weighted by atomic mass is 9.46. The van der Waals surface area contributed by atoms with Gasteiger partial charge in [0.15, 0.2) is 0 Å². The predicted molar refractivity (Wildman–Crippen MR) is 54.9 cm³/mol. The first kappa shape index (κ1) is 9.59. The molecule has 0 aliphatic carbocycles. The lowest BCUT2D eigenvalue weighted by Gasteiger charge is -2.06. The standard InChI is InChI=1S/C9H12BN3/c1-3-10(6-11)9-7(2)4-8(12)5-13-9/h4-5H,3,12H2,1-2H3. The molecule has 3 nitrogen and oxygen atoms in total. The van der Waals surface area contributed by atoms with Crippen LogP contribution in [0.1, 0.15) is 12.5 Å². The zero-order valence-electron chi connectivity index (χ0n) is 7.91. The van der Waals surface area contributed by atoms with Crippen molar-refractivity contribution in [2.75, 3.05) is 5.73 Å². The molecule has 66 valence electrons. The van der Waals surface area contributed by atoms with Crippen LogP contribution in [0.3, 0.4) is 0 Å². The van der Waals surface area contributed by atoms with Crippen molar-refractivity contribution in [1.82, 2.24) is 4.98 Å². The van der Waals surface area contributed by atoms with E-state index in [2.05, 4.69) is 11.0 Å². The van der Waals surface area contributed by atoms with Crippen LogP contribution in [0.2, 0.25) is 6.32 Å². The summed E-state index contributed by atoms with van der Waals surface area (Å²) in [4.78, 5) is 4.17. The maximum Gasteiger partial charge on any atom is 0.322 e. The second kappa shape index (κ2) is 3.95. The predicted octanol–water partition coefficient (Wildman–Crippen LogP) is 0.757. The second-order valence-corrected chi connectivity index (χ2v) is 3.06. The van der Waals surface area contributed by atoms with Gasteiger partial charge in [0.25, 0.3) is 0 Å².